The summed E-state index contributed by atoms with van der Waals surface area (Å²) in [5, 5.41) is 0. The first-order chi connectivity index (χ1) is 13.1. The van der Waals surface area contributed by atoms with Gasteiger partial charge in [0.15, 0.2) is 0 Å². The monoisotopic (exact) mass is 392 g/mol. The van der Waals surface area contributed by atoms with E-state index in [1.807, 2.05) is 6.07 Å². The molecule has 0 bridgehead atoms. The molecule has 28 heavy (non-hydrogen) atoms. The molecule has 0 aliphatic heterocycles. The van der Waals surface area contributed by atoms with Crippen LogP contribution in [0.1, 0.15) is 33.6 Å². The van der Waals surface area contributed by atoms with E-state index in [0.29, 0.717) is 5.75 Å². The molecule has 0 aliphatic carbocycles. The highest BCUT2D eigenvalue weighted by atomic mass is 16.6. The standard InChI is InChI=1S/C10H14O5.C10H10O3/c1-7(2)10(13)15-5-4-14-9(12)6-8(3)11;1-8(11)7-10(12)13-9-5-3-2-4-6-9/h1,4-6H2,2-3H3;2-6H,7H2,1H3. The van der Waals surface area contributed by atoms with Gasteiger partial charge in [-0.2, -0.15) is 0 Å². The van der Waals surface area contributed by atoms with Crippen LogP contribution in [0.4, 0.5) is 0 Å². The molecule has 0 N–H and O–H groups in total. The van der Waals surface area contributed by atoms with Gasteiger partial charge in [-0.1, -0.05) is 24.8 Å². The molecule has 0 heterocycles. The van der Waals surface area contributed by atoms with Crippen molar-refractivity contribution in [1.29, 1.82) is 0 Å². The van der Waals surface area contributed by atoms with Crippen molar-refractivity contribution in [3.63, 3.8) is 0 Å². The highest BCUT2D eigenvalue weighted by Crippen LogP contribution is 2.09. The fourth-order valence-corrected chi connectivity index (χ4v) is 1.53. The third-order valence-corrected chi connectivity index (χ3v) is 2.69. The van der Waals surface area contributed by atoms with Crippen LogP contribution in [-0.4, -0.2) is 42.7 Å². The molecule has 8 nitrogen and oxygen atoms in total. The molecule has 8 heteroatoms. The fourth-order valence-electron chi connectivity index (χ4n) is 1.53. The summed E-state index contributed by atoms with van der Waals surface area (Å²) in [6.07, 6.45) is -0.427. The molecule has 152 valence electrons. The molecule has 0 radical (unpaired) electrons. The lowest BCUT2D eigenvalue weighted by Gasteiger charge is -2.05. The minimum atomic E-state index is -0.617. The Bertz CT molecular complexity index is 706. The number of hydrogen-bond donors (Lipinski definition) is 0. The van der Waals surface area contributed by atoms with Crippen molar-refractivity contribution in [2.45, 2.75) is 33.6 Å². The lowest BCUT2D eigenvalue weighted by Crippen LogP contribution is -2.15. The third kappa shape index (κ3) is 13.9. The van der Waals surface area contributed by atoms with Crippen molar-refractivity contribution in [3.8, 4) is 5.75 Å². The predicted octanol–water partition coefficient (Wildman–Crippen LogP) is 2.20. The molecule has 0 saturated carbocycles. The Morgan fingerprint density at radius 2 is 1.29 bits per heavy atom. The SMILES string of the molecule is C=C(C)C(=O)OCCOC(=O)CC(C)=O.CC(=O)CC(=O)Oc1ccccc1. The summed E-state index contributed by atoms with van der Waals surface area (Å²) >= 11 is 0. The molecule has 0 fully saturated rings. The third-order valence-electron chi connectivity index (χ3n) is 2.69. The molecular weight excluding hydrogens is 368 g/mol. The maximum absolute atomic E-state index is 11.0. The zero-order chi connectivity index (χ0) is 21.5. The Morgan fingerprint density at radius 3 is 1.79 bits per heavy atom. The summed E-state index contributed by atoms with van der Waals surface area (Å²) in [6.45, 7) is 7.46. The fraction of sp³-hybridized carbons (Fsp3) is 0.350. The van der Waals surface area contributed by atoms with Gasteiger partial charge in [-0.15, -0.1) is 0 Å². The number of Topliss-reactive ketones (excluding diaryl/α,β-unsaturated/α-hetero) is 2. The van der Waals surface area contributed by atoms with Crippen molar-refractivity contribution in [2.24, 2.45) is 0 Å². The van der Waals surface area contributed by atoms with E-state index in [2.05, 4.69) is 16.1 Å². The summed E-state index contributed by atoms with van der Waals surface area (Å²) in [5.74, 6) is -1.65. The summed E-state index contributed by atoms with van der Waals surface area (Å²) < 4.78 is 14.1. The Hall–Kier alpha value is -3.29. The first kappa shape index (κ1) is 24.7. The van der Waals surface area contributed by atoms with Gasteiger partial charge < -0.3 is 14.2 Å². The van der Waals surface area contributed by atoms with Gasteiger partial charge >= 0.3 is 17.9 Å². The van der Waals surface area contributed by atoms with Crippen molar-refractivity contribution >= 4 is 29.5 Å². The number of benzene rings is 1. The van der Waals surface area contributed by atoms with Crippen LogP contribution in [0.5, 0.6) is 5.75 Å². The number of rotatable bonds is 9. The van der Waals surface area contributed by atoms with E-state index in [1.165, 1.54) is 20.8 Å². The molecule has 0 amide bonds. The maximum Gasteiger partial charge on any atom is 0.333 e. The van der Waals surface area contributed by atoms with Gasteiger partial charge in [0, 0.05) is 5.57 Å². The number of ether oxygens (including phenoxy) is 3. The zero-order valence-corrected chi connectivity index (χ0v) is 16.2. The number of esters is 3. The molecule has 0 atom stereocenters. The Kier molecular flexibility index (Phi) is 12.2. The largest absolute Gasteiger partial charge is 0.462 e. The summed E-state index contributed by atoms with van der Waals surface area (Å²) in [7, 11) is 0. The second-order valence-corrected chi connectivity index (χ2v) is 5.68. The van der Waals surface area contributed by atoms with Gasteiger partial charge in [-0.05, 0) is 32.9 Å². The average Bonchev–Trinajstić information content (AvgIpc) is 2.58. The second kappa shape index (κ2) is 13.9. The van der Waals surface area contributed by atoms with Crippen molar-refractivity contribution in [1.82, 2.24) is 0 Å². The van der Waals surface area contributed by atoms with Gasteiger partial charge in [0.1, 0.15) is 43.4 Å². The van der Waals surface area contributed by atoms with Gasteiger partial charge in [0.2, 0.25) is 0 Å². The molecule has 1 aromatic carbocycles. The van der Waals surface area contributed by atoms with Crippen LogP contribution in [-0.2, 0) is 33.4 Å². The summed E-state index contributed by atoms with van der Waals surface area (Å²) in [5.41, 5.74) is 0.282. The van der Waals surface area contributed by atoms with E-state index >= 15 is 0 Å². The molecule has 1 aromatic rings. The van der Waals surface area contributed by atoms with Gasteiger partial charge in [0.05, 0.1) is 0 Å². The molecular formula is C20H24O8. The minimum Gasteiger partial charge on any atom is -0.462 e. The molecule has 0 spiro atoms. The highest BCUT2D eigenvalue weighted by molar-refractivity contribution is 5.95. The zero-order valence-electron chi connectivity index (χ0n) is 16.2. The van der Waals surface area contributed by atoms with E-state index in [1.54, 1.807) is 24.3 Å². The number of carbonyl (C=O) groups is 5. The average molecular weight is 392 g/mol. The smallest absolute Gasteiger partial charge is 0.333 e. The lowest BCUT2D eigenvalue weighted by atomic mass is 10.3. The number of hydrogen-bond acceptors (Lipinski definition) is 8. The van der Waals surface area contributed by atoms with E-state index in [9.17, 15) is 24.0 Å². The second-order valence-electron chi connectivity index (χ2n) is 5.68. The lowest BCUT2D eigenvalue weighted by molar-refractivity contribution is -0.151. The van der Waals surface area contributed by atoms with Gasteiger partial charge in [-0.25, -0.2) is 4.79 Å². The van der Waals surface area contributed by atoms with Crippen molar-refractivity contribution in [3.05, 3.63) is 42.5 Å². The van der Waals surface area contributed by atoms with E-state index in [-0.39, 0.29) is 43.2 Å². The molecule has 0 aliphatic rings. The molecule has 0 unspecified atom stereocenters. The molecule has 1 rings (SSSR count). The normalized spacial score (nSPS) is 9.25. The van der Waals surface area contributed by atoms with Crippen LogP contribution in [0.3, 0.4) is 0 Å². The van der Waals surface area contributed by atoms with Crippen molar-refractivity contribution in [2.75, 3.05) is 13.2 Å². The topological polar surface area (TPSA) is 113 Å². The predicted molar refractivity (Wildman–Crippen MR) is 99.4 cm³/mol. The highest BCUT2D eigenvalue weighted by Gasteiger charge is 2.08. The maximum atomic E-state index is 11.0. The number of para-hydroxylation sites is 1. The van der Waals surface area contributed by atoms with E-state index in [4.69, 9.17) is 4.74 Å². The Balaban J connectivity index is 0.000000525. The van der Waals surface area contributed by atoms with Crippen molar-refractivity contribution < 1.29 is 38.2 Å². The molecule has 0 saturated heterocycles. The van der Waals surface area contributed by atoms with Crippen LogP contribution in [0, 0.1) is 0 Å². The first-order valence-electron chi connectivity index (χ1n) is 8.34. The van der Waals surface area contributed by atoms with Crippen LogP contribution < -0.4 is 4.74 Å². The van der Waals surface area contributed by atoms with Crippen LogP contribution >= 0.6 is 0 Å². The first-order valence-corrected chi connectivity index (χ1v) is 8.34. The Morgan fingerprint density at radius 1 is 0.786 bits per heavy atom. The number of ketones is 2. The van der Waals surface area contributed by atoms with Gasteiger partial charge in [-0.3, -0.25) is 19.2 Å². The van der Waals surface area contributed by atoms with Crippen LogP contribution in [0.15, 0.2) is 42.5 Å². The summed E-state index contributed by atoms with van der Waals surface area (Å²) in [6, 6.07) is 8.67. The van der Waals surface area contributed by atoms with Crippen LogP contribution in [0.25, 0.3) is 0 Å². The summed E-state index contributed by atoms with van der Waals surface area (Å²) in [4.78, 5) is 53.7. The quantitative estimate of drug-likeness (QED) is 0.207. The minimum absolute atomic E-state index is 0.0324. The van der Waals surface area contributed by atoms with Gasteiger partial charge in [0.25, 0.3) is 0 Å². The van der Waals surface area contributed by atoms with Crippen LogP contribution in [0.2, 0.25) is 0 Å². The van der Waals surface area contributed by atoms with E-state index < -0.39 is 17.9 Å². The number of carbonyl (C=O) groups excluding carboxylic acids is 5. The molecule has 0 aromatic heterocycles. The Labute approximate surface area is 163 Å². The van der Waals surface area contributed by atoms with E-state index in [0.717, 1.165) is 0 Å².